The van der Waals surface area contributed by atoms with Gasteiger partial charge in [0.2, 0.25) is 0 Å². The summed E-state index contributed by atoms with van der Waals surface area (Å²) < 4.78 is 28.9. The quantitative estimate of drug-likeness (QED) is 0.524. The van der Waals surface area contributed by atoms with Gasteiger partial charge in [-0.05, 0) is 34.0 Å². The van der Waals surface area contributed by atoms with E-state index in [0.29, 0.717) is 0 Å². The highest BCUT2D eigenvalue weighted by atomic mass is 32.3. The van der Waals surface area contributed by atoms with Gasteiger partial charge in [0, 0.05) is 0 Å². The number of hydrogen-bond donors (Lipinski definition) is 0. The standard InChI is InChI=1S/C14H31N.C3H6O4S/c1-4-5-6-7-8-9-10-11-12-13-14-15(2)3;1-3-2-6-8(4,5)7-3/h4-14H2,1-3H3;3H,2H2,1H3. The number of unbranched alkanes of at least 4 members (excludes halogenated alkanes) is 9. The highest BCUT2D eigenvalue weighted by molar-refractivity contribution is 7.82. The largest absolute Gasteiger partial charge is 0.400 e. The first kappa shape index (κ1) is 22.8. The molecule has 1 heterocycles. The fourth-order valence-electron chi connectivity index (χ4n) is 2.35. The van der Waals surface area contributed by atoms with Crippen molar-refractivity contribution in [3.05, 3.63) is 0 Å². The normalized spacial score (nSPS) is 19.6. The monoisotopic (exact) mass is 351 g/mol. The lowest BCUT2D eigenvalue weighted by Gasteiger charge is -2.08. The lowest BCUT2D eigenvalue weighted by atomic mass is 10.1. The van der Waals surface area contributed by atoms with E-state index in [2.05, 4.69) is 34.3 Å². The van der Waals surface area contributed by atoms with E-state index in [1.165, 1.54) is 70.8 Å². The Kier molecular flexibility index (Phi) is 14.1. The first-order chi connectivity index (χ1) is 10.9. The van der Waals surface area contributed by atoms with Gasteiger partial charge in [-0.2, -0.15) is 8.42 Å². The first-order valence-electron chi connectivity index (χ1n) is 9.09. The first-order valence-corrected chi connectivity index (χ1v) is 10.4. The summed E-state index contributed by atoms with van der Waals surface area (Å²) in [5, 5.41) is 0. The van der Waals surface area contributed by atoms with Gasteiger partial charge in [0.25, 0.3) is 0 Å². The maximum Gasteiger partial charge on any atom is 0.400 e. The molecule has 23 heavy (non-hydrogen) atoms. The van der Waals surface area contributed by atoms with Crippen LogP contribution in [0.15, 0.2) is 0 Å². The Balaban J connectivity index is 0.000000502. The van der Waals surface area contributed by atoms with Crippen molar-refractivity contribution in [3.63, 3.8) is 0 Å². The summed E-state index contributed by atoms with van der Waals surface area (Å²) in [6.07, 6.45) is 14.0. The van der Waals surface area contributed by atoms with E-state index >= 15 is 0 Å². The third-order valence-corrected chi connectivity index (χ3v) is 4.68. The van der Waals surface area contributed by atoms with Crippen LogP contribution in [0.1, 0.15) is 78.1 Å². The molecule has 0 N–H and O–H groups in total. The molecule has 1 atom stereocenters. The Morgan fingerprint density at radius 2 is 1.39 bits per heavy atom. The second kappa shape index (κ2) is 14.2. The van der Waals surface area contributed by atoms with Crippen molar-refractivity contribution in [3.8, 4) is 0 Å². The maximum absolute atomic E-state index is 10.2. The highest BCUT2D eigenvalue weighted by Gasteiger charge is 2.25. The summed E-state index contributed by atoms with van der Waals surface area (Å²) in [6.45, 7) is 5.31. The van der Waals surface area contributed by atoms with Crippen molar-refractivity contribution >= 4 is 10.4 Å². The van der Waals surface area contributed by atoms with Gasteiger partial charge in [0.15, 0.2) is 0 Å². The lowest BCUT2D eigenvalue weighted by molar-refractivity contribution is 0.258. The predicted octanol–water partition coefficient (Wildman–Crippen LogP) is 4.14. The summed E-state index contributed by atoms with van der Waals surface area (Å²) in [6, 6.07) is 0. The number of rotatable bonds is 11. The molecule has 5 nitrogen and oxygen atoms in total. The molecule has 1 fully saturated rings. The summed E-state index contributed by atoms with van der Waals surface area (Å²) in [5.74, 6) is 0. The maximum atomic E-state index is 10.2. The van der Waals surface area contributed by atoms with Crippen LogP contribution in [-0.2, 0) is 18.8 Å². The van der Waals surface area contributed by atoms with E-state index in [1.54, 1.807) is 6.92 Å². The highest BCUT2D eigenvalue weighted by Crippen LogP contribution is 2.11. The average Bonchev–Trinajstić information content (AvgIpc) is 2.79. The van der Waals surface area contributed by atoms with Gasteiger partial charge in [-0.3, -0.25) is 0 Å². The molecular weight excluding hydrogens is 314 g/mol. The zero-order valence-corrected chi connectivity index (χ0v) is 16.4. The van der Waals surface area contributed by atoms with E-state index < -0.39 is 10.4 Å². The average molecular weight is 352 g/mol. The third kappa shape index (κ3) is 16.5. The summed E-state index contributed by atoms with van der Waals surface area (Å²) in [4.78, 5) is 2.28. The Labute approximate surface area is 144 Å². The molecule has 1 aliphatic heterocycles. The summed E-state index contributed by atoms with van der Waals surface area (Å²) in [5.41, 5.74) is 0. The molecule has 6 heteroatoms. The molecule has 1 rings (SSSR count). The van der Waals surface area contributed by atoms with Gasteiger partial charge in [-0.15, -0.1) is 0 Å². The third-order valence-electron chi connectivity index (χ3n) is 3.69. The second-order valence-electron chi connectivity index (χ2n) is 6.58. The van der Waals surface area contributed by atoms with Gasteiger partial charge in [0.1, 0.15) is 6.10 Å². The van der Waals surface area contributed by atoms with E-state index in [-0.39, 0.29) is 12.7 Å². The van der Waals surface area contributed by atoms with Crippen LogP contribution in [0.4, 0.5) is 0 Å². The van der Waals surface area contributed by atoms with Gasteiger partial charge in [-0.1, -0.05) is 64.7 Å². The van der Waals surface area contributed by atoms with Gasteiger partial charge < -0.3 is 4.90 Å². The number of hydrogen-bond acceptors (Lipinski definition) is 5. The Hall–Kier alpha value is -0.170. The van der Waals surface area contributed by atoms with Crippen molar-refractivity contribution in [2.24, 2.45) is 0 Å². The van der Waals surface area contributed by atoms with E-state index in [4.69, 9.17) is 0 Å². The fourth-order valence-corrected chi connectivity index (χ4v) is 3.22. The van der Waals surface area contributed by atoms with Crippen molar-refractivity contribution in [1.29, 1.82) is 0 Å². The van der Waals surface area contributed by atoms with Crippen LogP contribution >= 0.6 is 0 Å². The molecule has 0 aromatic carbocycles. The summed E-state index contributed by atoms with van der Waals surface area (Å²) in [7, 11) is 0.725. The number of nitrogens with zero attached hydrogens (tertiary/aromatic N) is 1. The molecular formula is C17H37NO4S. The predicted molar refractivity (Wildman–Crippen MR) is 95.8 cm³/mol. The van der Waals surface area contributed by atoms with Crippen molar-refractivity contribution in [2.75, 3.05) is 27.2 Å². The van der Waals surface area contributed by atoms with Crippen molar-refractivity contribution in [1.82, 2.24) is 4.90 Å². The smallest absolute Gasteiger partial charge is 0.309 e. The molecule has 0 aliphatic carbocycles. The van der Waals surface area contributed by atoms with Crippen molar-refractivity contribution in [2.45, 2.75) is 84.2 Å². The fraction of sp³-hybridized carbons (Fsp3) is 1.00. The molecule has 0 aromatic rings. The van der Waals surface area contributed by atoms with Crippen LogP contribution < -0.4 is 0 Å². The minimum absolute atomic E-state index is 0.141. The van der Waals surface area contributed by atoms with Crippen LogP contribution in [0.3, 0.4) is 0 Å². The van der Waals surface area contributed by atoms with Gasteiger partial charge >= 0.3 is 10.4 Å². The lowest BCUT2D eigenvalue weighted by Crippen LogP contribution is -2.12. The minimum atomic E-state index is -3.60. The molecule has 1 aliphatic rings. The zero-order valence-electron chi connectivity index (χ0n) is 15.6. The Morgan fingerprint density at radius 1 is 0.913 bits per heavy atom. The van der Waals surface area contributed by atoms with Crippen LogP contribution in [0.5, 0.6) is 0 Å². The zero-order chi connectivity index (χ0) is 17.6. The van der Waals surface area contributed by atoms with E-state index in [9.17, 15) is 8.42 Å². The van der Waals surface area contributed by atoms with Gasteiger partial charge in [0.05, 0.1) is 6.61 Å². The minimum Gasteiger partial charge on any atom is -0.309 e. The van der Waals surface area contributed by atoms with Crippen molar-refractivity contribution < 1.29 is 16.8 Å². The molecule has 0 radical (unpaired) electrons. The topological polar surface area (TPSA) is 55.8 Å². The van der Waals surface area contributed by atoms with Crippen LogP contribution in [0.2, 0.25) is 0 Å². The summed E-state index contributed by atoms with van der Waals surface area (Å²) >= 11 is 0. The van der Waals surface area contributed by atoms with Gasteiger partial charge in [-0.25, -0.2) is 8.37 Å². The van der Waals surface area contributed by atoms with Crippen LogP contribution in [-0.4, -0.2) is 46.7 Å². The molecule has 1 saturated heterocycles. The molecule has 0 bridgehead atoms. The molecule has 140 valence electrons. The van der Waals surface area contributed by atoms with Crippen LogP contribution in [0, 0.1) is 0 Å². The Bertz CT molecular complexity index is 358. The SMILES string of the molecule is CC1COS(=O)(=O)O1.CCCCCCCCCCCCN(C)C. The molecule has 0 saturated carbocycles. The second-order valence-corrected chi connectivity index (χ2v) is 7.83. The van der Waals surface area contributed by atoms with E-state index in [0.717, 1.165) is 0 Å². The molecule has 1 unspecified atom stereocenters. The molecule has 0 amide bonds. The molecule has 0 aromatic heterocycles. The van der Waals surface area contributed by atoms with Crippen LogP contribution in [0.25, 0.3) is 0 Å². The molecule has 0 spiro atoms. The Morgan fingerprint density at radius 3 is 1.70 bits per heavy atom. The van der Waals surface area contributed by atoms with E-state index in [1.807, 2.05) is 0 Å².